The monoisotopic (exact) mass is 214 g/mol. The van der Waals surface area contributed by atoms with Gasteiger partial charge in [-0.05, 0) is 5.56 Å². The number of nitrogens with zero attached hydrogens (tertiary/aromatic N) is 2. The number of carboxylic acids is 1. The van der Waals surface area contributed by atoms with Crippen LogP contribution in [-0.4, -0.2) is 21.0 Å². The highest BCUT2D eigenvalue weighted by Crippen LogP contribution is 2.05. The lowest BCUT2D eigenvalue weighted by Gasteiger charge is -2.00. The van der Waals surface area contributed by atoms with Gasteiger partial charge in [-0.3, -0.25) is 0 Å². The van der Waals surface area contributed by atoms with Gasteiger partial charge in [0.25, 0.3) is 0 Å². The first-order valence-electron chi connectivity index (χ1n) is 4.84. The van der Waals surface area contributed by atoms with Crippen LogP contribution in [0.1, 0.15) is 21.7 Å². The predicted octanol–water partition coefficient (Wildman–Crippen LogP) is 1.77. The van der Waals surface area contributed by atoms with Crippen LogP contribution in [0.2, 0.25) is 0 Å². The van der Waals surface area contributed by atoms with Crippen molar-refractivity contribution in [3.05, 3.63) is 59.7 Å². The molecule has 0 atom stereocenters. The van der Waals surface area contributed by atoms with E-state index in [1.807, 2.05) is 30.3 Å². The number of carboxylic acid groups (broad SMARTS) is 1. The number of carbonyl (C=O) groups is 1. The summed E-state index contributed by atoms with van der Waals surface area (Å²) in [5.41, 5.74) is 1.21. The van der Waals surface area contributed by atoms with Gasteiger partial charge in [0, 0.05) is 18.8 Å². The Kier molecular flexibility index (Phi) is 2.91. The SMILES string of the molecule is O=C(O)c1cnc(Cc2ccccc2)nc1. The Hall–Kier alpha value is -2.23. The molecular formula is C12H10N2O2. The molecule has 0 saturated heterocycles. The molecule has 0 amide bonds. The molecule has 1 heterocycles. The second-order valence-corrected chi connectivity index (χ2v) is 3.36. The molecule has 0 fully saturated rings. The van der Waals surface area contributed by atoms with Gasteiger partial charge < -0.3 is 5.11 Å². The fourth-order valence-electron chi connectivity index (χ4n) is 1.33. The van der Waals surface area contributed by atoms with Crippen LogP contribution in [0.15, 0.2) is 42.7 Å². The van der Waals surface area contributed by atoms with Crippen molar-refractivity contribution in [2.24, 2.45) is 0 Å². The van der Waals surface area contributed by atoms with Crippen LogP contribution in [0.3, 0.4) is 0 Å². The minimum atomic E-state index is -1.01. The van der Waals surface area contributed by atoms with Gasteiger partial charge in [0.15, 0.2) is 0 Å². The van der Waals surface area contributed by atoms with E-state index in [9.17, 15) is 4.79 Å². The smallest absolute Gasteiger partial charge is 0.338 e. The van der Waals surface area contributed by atoms with Gasteiger partial charge in [-0.15, -0.1) is 0 Å². The van der Waals surface area contributed by atoms with E-state index in [1.165, 1.54) is 12.4 Å². The predicted molar refractivity (Wildman–Crippen MR) is 58.2 cm³/mol. The highest BCUT2D eigenvalue weighted by Gasteiger charge is 2.04. The quantitative estimate of drug-likeness (QED) is 0.845. The largest absolute Gasteiger partial charge is 0.478 e. The summed E-state index contributed by atoms with van der Waals surface area (Å²) in [6, 6.07) is 9.79. The van der Waals surface area contributed by atoms with Gasteiger partial charge in [-0.25, -0.2) is 14.8 Å². The van der Waals surface area contributed by atoms with E-state index in [1.54, 1.807) is 0 Å². The van der Waals surface area contributed by atoms with Gasteiger partial charge in [-0.1, -0.05) is 30.3 Å². The van der Waals surface area contributed by atoms with Crippen molar-refractivity contribution in [1.29, 1.82) is 0 Å². The average Bonchev–Trinajstić information content (AvgIpc) is 2.31. The molecule has 0 saturated carbocycles. The second kappa shape index (κ2) is 4.53. The molecule has 0 spiro atoms. The third kappa shape index (κ3) is 2.42. The van der Waals surface area contributed by atoms with Crippen molar-refractivity contribution in [3.8, 4) is 0 Å². The zero-order chi connectivity index (χ0) is 11.4. The second-order valence-electron chi connectivity index (χ2n) is 3.36. The van der Waals surface area contributed by atoms with Crippen LogP contribution in [0.4, 0.5) is 0 Å². The molecule has 1 aromatic carbocycles. The van der Waals surface area contributed by atoms with Crippen molar-refractivity contribution in [1.82, 2.24) is 9.97 Å². The number of benzene rings is 1. The maximum atomic E-state index is 10.6. The lowest BCUT2D eigenvalue weighted by Crippen LogP contribution is -2.02. The standard InChI is InChI=1S/C12H10N2O2/c15-12(16)10-7-13-11(14-8-10)6-9-4-2-1-3-5-9/h1-5,7-8H,6H2,(H,15,16). The van der Waals surface area contributed by atoms with Crippen LogP contribution in [0.5, 0.6) is 0 Å². The van der Waals surface area contributed by atoms with Crippen LogP contribution >= 0.6 is 0 Å². The van der Waals surface area contributed by atoms with E-state index in [-0.39, 0.29) is 5.56 Å². The number of hydrogen-bond acceptors (Lipinski definition) is 3. The van der Waals surface area contributed by atoms with E-state index in [0.29, 0.717) is 12.2 Å². The molecular weight excluding hydrogens is 204 g/mol. The first kappa shape index (κ1) is 10.3. The summed E-state index contributed by atoms with van der Waals surface area (Å²) < 4.78 is 0. The van der Waals surface area contributed by atoms with Crippen LogP contribution in [0, 0.1) is 0 Å². The molecule has 0 aliphatic rings. The molecule has 4 nitrogen and oxygen atoms in total. The lowest BCUT2D eigenvalue weighted by atomic mass is 10.1. The Bertz CT molecular complexity index is 480. The zero-order valence-electron chi connectivity index (χ0n) is 8.50. The van der Waals surface area contributed by atoms with Crippen molar-refractivity contribution < 1.29 is 9.90 Å². The summed E-state index contributed by atoms with van der Waals surface area (Å²) in [7, 11) is 0. The molecule has 2 rings (SSSR count). The normalized spacial score (nSPS) is 10.0. The Morgan fingerprint density at radius 2 is 1.75 bits per heavy atom. The first-order valence-corrected chi connectivity index (χ1v) is 4.84. The number of aromatic carboxylic acids is 1. The maximum Gasteiger partial charge on any atom is 0.338 e. The highest BCUT2D eigenvalue weighted by atomic mass is 16.4. The Morgan fingerprint density at radius 3 is 2.31 bits per heavy atom. The summed E-state index contributed by atoms with van der Waals surface area (Å²) in [5, 5.41) is 8.69. The lowest BCUT2D eigenvalue weighted by molar-refractivity contribution is 0.0696. The van der Waals surface area contributed by atoms with Gasteiger partial charge in [0.05, 0.1) is 5.56 Å². The Morgan fingerprint density at radius 1 is 1.12 bits per heavy atom. The van der Waals surface area contributed by atoms with E-state index in [2.05, 4.69) is 9.97 Å². The Balaban J connectivity index is 2.14. The first-order chi connectivity index (χ1) is 7.75. The van der Waals surface area contributed by atoms with Crippen LogP contribution < -0.4 is 0 Å². The number of aromatic nitrogens is 2. The zero-order valence-corrected chi connectivity index (χ0v) is 8.50. The highest BCUT2D eigenvalue weighted by molar-refractivity contribution is 5.86. The number of rotatable bonds is 3. The van der Waals surface area contributed by atoms with Crippen LogP contribution in [0.25, 0.3) is 0 Å². The van der Waals surface area contributed by atoms with Crippen molar-refractivity contribution in [2.75, 3.05) is 0 Å². The molecule has 0 aliphatic heterocycles. The molecule has 1 aromatic heterocycles. The third-order valence-electron chi connectivity index (χ3n) is 2.16. The Labute approximate surface area is 92.6 Å². The van der Waals surface area contributed by atoms with Gasteiger partial charge >= 0.3 is 5.97 Å². The van der Waals surface area contributed by atoms with Crippen molar-refractivity contribution in [2.45, 2.75) is 6.42 Å². The summed E-state index contributed by atoms with van der Waals surface area (Å²) in [6.07, 6.45) is 3.27. The molecule has 80 valence electrons. The molecule has 1 N–H and O–H groups in total. The van der Waals surface area contributed by atoms with Gasteiger partial charge in [0.2, 0.25) is 0 Å². The molecule has 0 radical (unpaired) electrons. The molecule has 2 aromatic rings. The average molecular weight is 214 g/mol. The fourth-order valence-corrected chi connectivity index (χ4v) is 1.33. The molecule has 4 heteroatoms. The van der Waals surface area contributed by atoms with Crippen LogP contribution in [-0.2, 0) is 6.42 Å². The minimum absolute atomic E-state index is 0.108. The van der Waals surface area contributed by atoms with E-state index >= 15 is 0 Å². The van der Waals surface area contributed by atoms with E-state index in [0.717, 1.165) is 5.56 Å². The van der Waals surface area contributed by atoms with Gasteiger partial charge in [-0.2, -0.15) is 0 Å². The summed E-state index contributed by atoms with van der Waals surface area (Å²) in [4.78, 5) is 18.6. The van der Waals surface area contributed by atoms with Gasteiger partial charge in [0.1, 0.15) is 5.82 Å². The third-order valence-corrected chi connectivity index (χ3v) is 2.16. The molecule has 0 bridgehead atoms. The molecule has 0 unspecified atom stereocenters. The van der Waals surface area contributed by atoms with Crippen molar-refractivity contribution in [3.63, 3.8) is 0 Å². The number of hydrogen-bond donors (Lipinski definition) is 1. The fraction of sp³-hybridized carbons (Fsp3) is 0.0833. The summed E-state index contributed by atoms with van der Waals surface area (Å²) in [5.74, 6) is -0.387. The minimum Gasteiger partial charge on any atom is -0.478 e. The molecule has 16 heavy (non-hydrogen) atoms. The maximum absolute atomic E-state index is 10.6. The summed E-state index contributed by atoms with van der Waals surface area (Å²) >= 11 is 0. The topological polar surface area (TPSA) is 63.1 Å². The van der Waals surface area contributed by atoms with E-state index < -0.39 is 5.97 Å². The van der Waals surface area contributed by atoms with Crippen molar-refractivity contribution >= 4 is 5.97 Å². The van der Waals surface area contributed by atoms with E-state index in [4.69, 9.17) is 5.11 Å². The molecule has 0 aliphatic carbocycles. The summed E-state index contributed by atoms with van der Waals surface area (Å²) in [6.45, 7) is 0.